The summed E-state index contributed by atoms with van der Waals surface area (Å²) in [5, 5.41) is 10.5. The van der Waals surface area contributed by atoms with Gasteiger partial charge in [-0.2, -0.15) is 5.10 Å². The van der Waals surface area contributed by atoms with E-state index in [0.29, 0.717) is 18.4 Å². The Morgan fingerprint density at radius 1 is 1.14 bits per heavy atom. The largest absolute Gasteiger partial charge is 0.492 e. The number of benzene rings is 1. The second-order valence-electron chi connectivity index (χ2n) is 7.32. The maximum absolute atomic E-state index is 5.88. The van der Waals surface area contributed by atoms with Crippen molar-refractivity contribution in [3.8, 4) is 17.0 Å². The lowest BCUT2D eigenvalue weighted by atomic mass is 10.1. The van der Waals surface area contributed by atoms with Gasteiger partial charge in [0.1, 0.15) is 18.0 Å². The highest BCUT2D eigenvalue weighted by Gasteiger charge is 2.12. The average Bonchev–Trinajstić information content (AvgIpc) is 3.26. The lowest BCUT2D eigenvalue weighted by Crippen LogP contribution is -2.19. The van der Waals surface area contributed by atoms with E-state index in [9.17, 15) is 0 Å². The van der Waals surface area contributed by atoms with E-state index in [1.165, 1.54) is 0 Å². The molecule has 1 aromatic carbocycles. The topological polar surface area (TPSA) is 83.4 Å². The molecule has 4 rings (SSSR count). The number of fused-ring (bicyclic) bond motifs is 1. The normalized spacial score (nSPS) is 11.3. The minimum atomic E-state index is 0.633. The summed E-state index contributed by atoms with van der Waals surface area (Å²) in [7, 11) is 4.06. The molecule has 3 aromatic heterocycles. The summed E-state index contributed by atoms with van der Waals surface area (Å²) >= 11 is 0. The summed E-state index contributed by atoms with van der Waals surface area (Å²) < 4.78 is 7.81. The maximum atomic E-state index is 5.88. The molecule has 8 nitrogen and oxygen atoms in total. The summed E-state index contributed by atoms with van der Waals surface area (Å²) in [6.45, 7) is 5.42. The van der Waals surface area contributed by atoms with Crippen LogP contribution >= 0.6 is 0 Å². The SMILES string of the molecule is Cc1cn2c(Nc3cc(C)[nH]n3)nc(-c3cccc(OCCN(C)C)c3)cc2n1. The third-order valence-corrected chi connectivity index (χ3v) is 4.46. The molecule has 29 heavy (non-hydrogen) atoms. The number of rotatable bonds is 7. The molecular weight excluding hydrogens is 366 g/mol. The summed E-state index contributed by atoms with van der Waals surface area (Å²) in [6.07, 6.45) is 1.95. The summed E-state index contributed by atoms with van der Waals surface area (Å²) in [6, 6.07) is 11.9. The van der Waals surface area contributed by atoms with Crippen molar-refractivity contribution in [2.75, 3.05) is 32.6 Å². The Labute approximate surface area is 169 Å². The molecule has 150 valence electrons. The smallest absolute Gasteiger partial charge is 0.215 e. The van der Waals surface area contributed by atoms with Crippen LogP contribution in [-0.4, -0.2) is 56.7 Å². The van der Waals surface area contributed by atoms with Crippen LogP contribution in [0.1, 0.15) is 11.4 Å². The first-order valence-electron chi connectivity index (χ1n) is 9.52. The van der Waals surface area contributed by atoms with Crippen molar-refractivity contribution in [3.05, 3.63) is 54.0 Å². The van der Waals surface area contributed by atoms with E-state index >= 15 is 0 Å². The minimum absolute atomic E-state index is 0.633. The Morgan fingerprint density at radius 2 is 2.00 bits per heavy atom. The molecule has 8 heteroatoms. The van der Waals surface area contributed by atoms with Gasteiger partial charge in [0.2, 0.25) is 5.95 Å². The number of likely N-dealkylation sites (N-methyl/N-ethyl adjacent to an activating group) is 1. The van der Waals surface area contributed by atoms with Crippen LogP contribution in [0, 0.1) is 13.8 Å². The van der Waals surface area contributed by atoms with Crippen LogP contribution in [0.5, 0.6) is 5.75 Å². The lowest BCUT2D eigenvalue weighted by Gasteiger charge is -2.12. The Bertz CT molecular complexity index is 1130. The quantitative estimate of drug-likeness (QED) is 0.502. The van der Waals surface area contributed by atoms with Gasteiger partial charge in [0.15, 0.2) is 5.82 Å². The molecule has 4 aromatic rings. The first-order valence-corrected chi connectivity index (χ1v) is 9.52. The Kier molecular flexibility index (Phi) is 5.18. The number of nitrogens with zero attached hydrogens (tertiary/aromatic N) is 5. The molecule has 0 radical (unpaired) electrons. The van der Waals surface area contributed by atoms with E-state index in [1.807, 2.05) is 74.9 Å². The van der Waals surface area contributed by atoms with Gasteiger partial charge in [-0.05, 0) is 40.1 Å². The van der Waals surface area contributed by atoms with Gasteiger partial charge in [-0.1, -0.05) is 12.1 Å². The number of aromatic nitrogens is 5. The highest BCUT2D eigenvalue weighted by Crippen LogP contribution is 2.26. The lowest BCUT2D eigenvalue weighted by molar-refractivity contribution is 0.261. The van der Waals surface area contributed by atoms with Crippen molar-refractivity contribution in [2.24, 2.45) is 0 Å². The average molecular weight is 391 g/mol. The molecule has 0 spiro atoms. The highest BCUT2D eigenvalue weighted by molar-refractivity contribution is 5.68. The second-order valence-corrected chi connectivity index (χ2v) is 7.32. The van der Waals surface area contributed by atoms with Crippen LogP contribution in [0.25, 0.3) is 16.9 Å². The third-order valence-electron chi connectivity index (χ3n) is 4.46. The standard InChI is InChI=1S/C21H25N7O/c1-14-10-19(26-25-14)24-21-23-18(12-20-22-15(2)13-28(20)21)16-6-5-7-17(11-16)29-9-8-27(3)4/h5-7,10-13H,8-9H2,1-4H3,(H2,23,24,25,26). The third kappa shape index (κ3) is 4.38. The van der Waals surface area contributed by atoms with Crippen molar-refractivity contribution in [2.45, 2.75) is 13.8 Å². The van der Waals surface area contributed by atoms with Crippen LogP contribution in [0.2, 0.25) is 0 Å². The Morgan fingerprint density at radius 3 is 2.76 bits per heavy atom. The number of imidazole rings is 1. The number of aromatic amines is 1. The first kappa shape index (κ1) is 18.9. The van der Waals surface area contributed by atoms with E-state index in [0.717, 1.165) is 40.6 Å². The van der Waals surface area contributed by atoms with E-state index in [4.69, 9.17) is 9.72 Å². The molecule has 3 heterocycles. The van der Waals surface area contributed by atoms with Crippen LogP contribution in [0.3, 0.4) is 0 Å². The van der Waals surface area contributed by atoms with Gasteiger partial charge in [-0.25, -0.2) is 9.97 Å². The van der Waals surface area contributed by atoms with Gasteiger partial charge < -0.3 is 15.0 Å². The maximum Gasteiger partial charge on any atom is 0.215 e. The fourth-order valence-electron chi connectivity index (χ4n) is 3.03. The number of ether oxygens (including phenoxy) is 1. The Balaban J connectivity index is 1.68. The van der Waals surface area contributed by atoms with Gasteiger partial charge in [0.25, 0.3) is 0 Å². The predicted molar refractivity (Wildman–Crippen MR) is 114 cm³/mol. The summed E-state index contributed by atoms with van der Waals surface area (Å²) in [5.41, 5.74) is 4.50. The molecule has 0 saturated heterocycles. The van der Waals surface area contributed by atoms with Gasteiger partial charge in [-0.3, -0.25) is 9.50 Å². The first-order chi connectivity index (χ1) is 14.0. The summed E-state index contributed by atoms with van der Waals surface area (Å²) in [5.74, 6) is 2.19. The van der Waals surface area contributed by atoms with Crippen LogP contribution < -0.4 is 10.1 Å². The molecule has 0 bridgehead atoms. The Hall–Kier alpha value is -3.39. The van der Waals surface area contributed by atoms with Gasteiger partial charge in [-0.15, -0.1) is 0 Å². The van der Waals surface area contributed by atoms with Crippen molar-refractivity contribution < 1.29 is 4.74 Å². The molecule has 0 aliphatic heterocycles. The molecule has 0 saturated carbocycles. The number of anilines is 2. The van der Waals surface area contributed by atoms with Crippen LogP contribution in [0.15, 0.2) is 42.6 Å². The summed E-state index contributed by atoms with van der Waals surface area (Å²) in [4.78, 5) is 11.5. The fourth-order valence-corrected chi connectivity index (χ4v) is 3.03. The zero-order valence-corrected chi connectivity index (χ0v) is 17.1. The van der Waals surface area contributed by atoms with E-state index < -0.39 is 0 Å². The monoisotopic (exact) mass is 391 g/mol. The molecular formula is C21H25N7O. The van der Waals surface area contributed by atoms with Crippen LogP contribution in [-0.2, 0) is 0 Å². The van der Waals surface area contributed by atoms with Crippen molar-refractivity contribution >= 4 is 17.4 Å². The molecule has 0 fully saturated rings. The number of H-pyrrole nitrogens is 1. The van der Waals surface area contributed by atoms with Crippen molar-refractivity contribution in [3.63, 3.8) is 0 Å². The number of hydrogen-bond acceptors (Lipinski definition) is 6. The zero-order valence-electron chi connectivity index (χ0n) is 17.1. The molecule has 0 aliphatic rings. The number of aryl methyl sites for hydroxylation is 2. The highest BCUT2D eigenvalue weighted by atomic mass is 16.5. The predicted octanol–water partition coefficient (Wildman–Crippen LogP) is 3.42. The number of nitrogens with one attached hydrogen (secondary N) is 2. The van der Waals surface area contributed by atoms with Crippen molar-refractivity contribution in [1.29, 1.82) is 0 Å². The van der Waals surface area contributed by atoms with Gasteiger partial charge >= 0.3 is 0 Å². The molecule has 2 N–H and O–H groups in total. The fraction of sp³-hybridized carbons (Fsp3) is 0.286. The minimum Gasteiger partial charge on any atom is -0.492 e. The van der Waals surface area contributed by atoms with Crippen molar-refractivity contribution in [1.82, 2.24) is 29.5 Å². The van der Waals surface area contributed by atoms with E-state index in [2.05, 4.69) is 25.4 Å². The van der Waals surface area contributed by atoms with E-state index in [-0.39, 0.29) is 0 Å². The second kappa shape index (κ2) is 7.92. The molecule has 0 atom stereocenters. The number of hydrogen-bond donors (Lipinski definition) is 2. The molecule has 0 aliphatic carbocycles. The van der Waals surface area contributed by atoms with Gasteiger partial charge in [0.05, 0.1) is 11.4 Å². The molecule has 0 amide bonds. The van der Waals surface area contributed by atoms with E-state index in [1.54, 1.807) is 0 Å². The molecule has 0 unspecified atom stereocenters. The van der Waals surface area contributed by atoms with Gasteiger partial charge in [0, 0.05) is 36.1 Å². The van der Waals surface area contributed by atoms with Crippen LogP contribution in [0.4, 0.5) is 11.8 Å². The zero-order chi connectivity index (χ0) is 20.4.